The molecule has 19 heavy (non-hydrogen) atoms. The number of nitrogens with one attached hydrogen (secondary N) is 1. The molecule has 0 spiro atoms. The summed E-state index contributed by atoms with van der Waals surface area (Å²) in [7, 11) is 0. The van der Waals surface area contributed by atoms with Gasteiger partial charge in [0.25, 0.3) is 0 Å². The van der Waals surface area contributed by atoms with E-state index in [9.17, 15) is 18.0 Å². The fraction of sp³-hybridized carbons (Fsp3) is 0.500. The van der Waals surface area contributed by atoms with Gasteiger partial charge < -0.3 is 5.32 Å². The molecule has 1 fully saturated rings. The van der Waals surface area contributed by atoms with Gasteiger partial charge in [0.15, 0.2) is 0 Å². The van der Waals surface area contributed by atoms with Crippen molar-refractivity contribution in [3.63, 3.8) is 0 Å². The molecular weight excluding hydrogens is 255 g/mol. The van der Waals surface area contributed by atoms with Gasteiger partial charge in [0, 0.05) is 23.2 Å². The van der Waals surface area contributed by atoms with E-state index in [4.69, 9.17) is 0 Å². The molecule has 1 aliphatic rings. The monoisotopic (exact) mass is 271 g/mol. The molecule has 1 saturated carbocycles. The Labute approximate surface area is 110 Å². The number of carbonyl (C=O) groups excluding carboxylic acids is 1. The van der Waals surface area contributed by atoms with Crippen molar-refractivity contribution < 1.29 is 18.0 Å². The van der Waals surface area contributed by atoms with Crippen LogP contribution in [0.5, 0.6) is 0 Å². The van der Waals surface area contributed by atoms with Gasteiger partial charge in [0.05, 0.1) is 5.41 Å². The highest BCUT2D eigenvalue weighted by Gasteiger charge is 2.55. The van der Waals surface area contributed by atoms with Crippen molar-refractivity contribution in [2.45, 2.75) is 44.6 Å². The Morgan fingerprint density at radius 1 is 1.16 bits per heavy atom. The molecule has 0 bridgehead atoms. The fourth-order valence-corrected chi connectivity index (χ4v) is 2.18. The molecule has 1 aromatic carbocycles. The number of amides is 1. The van der Waals surface area contributed by atoms with Crippen LogP contribution in [0.1, 0.15) is 39.2 Å². The summed E-state index contributed by atoms with van der Waals surface area (Å²) in [5.41, 5.74) is -2.00. The van der Waals surface area contributed by atoms with E-state index in [1.807, 2.05) is 0 Å². The summed E-state index contributed by atoms with van der Waals surface area (Å²) in [5, 5.41) is 2.72. The smallest absolute Gasteiger partial charge is 0.231 e. The maximum atomic E-state index is 13.8. The van der Waals surface area contributed by atoms with Crippen molar-refractivity contribution in [3.8, 4) is 0 Å². The van der Waals surface area contributed by atoms with E-state index in [1.54, 1.807) is 20.8 Å². The van der Waals surface area contributed by atoms with E-state index < -0.39 is 34.3 Å². The predicted molar refractivity (Wildman–Crippen MR) is 65.1 cm³/mol. The molecule has 104 valence electrons. The van der Waals surface area contributed by atoms with Crippen LogP contribution in [-0.2, 0) is 10.2 Å². The highest BCUT2D eigenvalue weighted by molar-refractivity contribution is 5.91. The molecule has 0 unspecified atom stereocenters. The van der Waals surface area contributed by atoms with E-state index in [1.165, 1.54) is 0 Å². The van der Waals surface area contributed by atoms with Crippen LogP contribution in [0.4, 0.5) is 13.2 Å². The Hall–Kier alpha value is -1.52. The SMILES string of the molecule is CC(C)(C)NC(=O)C1(c2c(F)cc(F)cc2F)CC1. The van der Waals surface area contributed by atoms with Gasteiger partial charge in [0.2, 0.25) is 5.91 Å². The molecule has 2 nitrogen and oxygen atoms in total. The Bertz CT molecular complexity index is 507. The molecule has 0 aromatic heterocycles. The normalized spacial score (nSPS) is 17.2. The van der Waals surface area contributed by atoms with Gasteiger partial charge in [-0.2, -0.15) is 0 Å². The van der Waals surface area contributed by atoms with E-state index >= 15 is 0 Å². The number of hydrogen-bond donors (Lipinski definition) is 1. The number of benzene rings is 1. The van der Waals surface area contributed by atoms with Crippen molar-refractivity contribution in [1.82, 2.24) is 5.32 Å². The minimum Gasteiger partial charge on any atom is -0.351 e. The molecule has 0 heterocycles. The molecular formula is C14H16F3NO. The summed E-state index contributed by atoms with van der Waals surface area (Å²) in [4.78, 5) is 12.2. The minimum absolute atomic E-state index is 0.323. The van der Waals surface area contributed by atoms with Crippen LogP contribution in [0.2, 0.25) is 0 Å². The second kappa shape index (κ2) is 4.25. The van der Waals surface area contributed by atoms with Crippen LogP contribution in [0.3, 0.4) is 0 Å². The molecule has 2 rings (SSSR count). The number of hydrogen-bond acceptors (Lipinski definition) is 1. The summed E-state index contributed by atoms with van der Waals surface area (Å²) in [6.07, 6.45) is 0.739. The lowest BCUT2D eigenvalue weighted by molar-refractivity contribution is -0.125. The van der Waals surface area contributed by atoms with Crippen molar-refractivity contribution in [2.75, 3.05) is 0 Å². The van der Waals surface area contributed by atoms with Gasteiger partial charge >= 0.3 is 0 Å². The summed E-state index contributed by atoms with van der Waals surface area (Å²) >= 11 is 0. The summed E-state index contributed by atoms with van der Waals surface area (Å²) in [5.74, 6) is -3.40. The van der Waals surface area contributed by atoms with Crippen molar-refractivity contribution in [2.24, 2.45) is 0 Å². The average Bonchev–Trinajstić information content (AvgIpc) is 2.94. The topological polar surface area (TPSA) is 29.1 Å². The van der Waals surface area contributed by atoms with Gasteiger partial charge in [-0.1, -0.05) is 0 Å². The molecule has 5 heteroatoms. The van der Waals surface area contributed by atoms with Gasteiger partial charge in [-0.05, 0) is 33.6 Å². The quantitative estimate of drug-likeness (QED) is 0.880. The molecule has 0 radical (unpaired) electrons. The third kappa shape index (κ3) is 2.60. The van der Waals surface area contributed by atoms with Gasteiger partial charge in [-0.3, -0.25) is 4.79 Å². The van der Waals surface area contributed by atoms with Gasteiger partial charge in [-0.25, -0.2) is 13.2 Å². The summed E-state index contributed by atoms with van der Waals surface area (Å²) < 4.78 is 40.5. The average molecular weight is 271 g/mol. The number of halogens is 3. The first-order chi connectivity index (χ1) is 8.66. The first kappa shape index (κ1) is 13.9. The van der Waals surface area contributed by atoms with Crippen molar-refractivity contribution in [3.05, 3.63) is 35.1 Å². The van der Waals surface area contributed by atoms with Crippen LogP contribution in [0.25, 0.3) is 0 Å². The first-order valence-electron chi connectivity index (χ1n) is 6.13. The first-order valence-corrected chi connectivity index (χ1v) is 6.13. The lowest BCUT2D eigenvalue weighted by Crippen LogP contribution is -2.46. The Morgan fingerprint density at radius 3 is 2.00 bits per heavy atom. The van der Waals surface area contributed by atoms with E-state index in [0.29, 0.717) is 25.0 Å². The van der Waals surface area contributed by atoms with Gasteiger partial charge in [0.1, 0.15) is 17.5 Å². The highest BCUT2D eigenvalue weighted by Crippen LogP contribution is 2.50. The molecule has 1 aliphatic carbocycles. The standard InChI is InChI=1S/C14H16F3NO/c1-13(2,3)18-12(19)14(4-5-14)11-9(16)6-8(15)7-10(11)17/h6-7H,4-5H2,1-3H3,(H,18,19). The second-order valence-corrected chi connectivity index (χ2v) is 6.03. The maximum absolute atomic E-state index is 13.8. The van der Waals surface area contributed by atoms with Crippen LogP contribution in [-0.4, -0.2) is 11.4 Å². The van der Waals surface area contributed by atoms with Crippen LogP contribution >= 0.6 is 0 Å². The fourth-order valence-electron chi connectivity index (χ4n) is 2.18. The Kier molecular flexibility index (Phi) is 3.11. The van der Waals surface area contributed by atoms with Crippen molar-refractivity contribution >= 4 is 5.91 Å². The number of rotatable bonds is 2. The zero-order valence-electron chi connectivity index (χ0n) is 11.1. The minimum atomic E-state index is -1.19. The van der Waals surface area contributed by atoms with Gasteiger partial charge in [-0.15, -0.1) is 0 Å². The summed E-state index contributed by atoms with van der Waals surface area (Å²) in [6, 6.07) is 1.23. The highest BCUT2D eigenvalue weighted by atomic mass is 19.1. The van der Waals surface area contributed by atoms with E-state index in [0.717, 1.165) is 0 Å². The molecule has 1 aromatic rings. The molecule has 1 amide bonds. The number of carbonyl (C=O) groups is 1. The molecule has 0 saturated heterocycles. The maximum Gasteiger partial charge on any atom is 0.231 e. The van der Waals surface area contributed by atoms with E-state index in [-0.39, 0.29) is 5.56 Å². The van der Waals surface area contributed by atoms with E-state index in [2.05, 4.69) is 5.32 Å². The lowest BCUT2D eigenvalue weighted by Gasteiger charge is -2.25. The third-order valence-electron chi connectivity index (χ3n) is 3.16. The molecule has 1 N–H and O–H groups in total. The lowest BCUT2D eigenvalue weighted by atomic mass is 9.92. The Balaban J connectivity index is 2.39. The predicted octanol–water partition coefficient (Wildman–Crippen LogP) is 3.05. The van der Waals surface area contributed by atoms with Crippen LogP contribution < -0.4 is 5.32 Å². The summed E-state index contributed by atoms with van der Waals surface area (Å²) in [6.45, 7) is 5.37. The van der Waals surface area contributed by atoms with Crippen LogP contribution in [0.15, 0.2) is 12.1 Å². The van der Waals surface area contributed by atoms with Crippen LogP contribution in [0, 0.1) is 17.5 Å². The molecule has 0 aliphatic heterocycles. The Morgan fingerprint density at radius 2 is 1.63 bits per heavy atom. The second-order valence-electron chi connectivity index (χ2n) is 6.03. The largest absolute Gasteiger partial charge is 0.351 e. The van der Waals surface area contributed by atoms with Crippen molar-refractivity contribution in [1.29, 1.82) is 0 Å². The zero-order valence-corrected chi connectivity index (χ0v) is 11.1. The zero-order chi connectivity index (χ0) is 14.4. The third-order valence-corrected chi connectivity index (χ3v) is 3.16. The molecule has 0 atom stereocenters.